The molecule has 1 heterocycles. The maximum Gasteiger partial charge on any atom is 0.164 e. The maximum atomic E-state index is 5.55. The molecule has 0 radical (unpaired) electrons. The highest BCUT2D eigenvalue weighted by Gasteiger charge is 2.21. The minimum Gasteiger partial charge on any atom is -0.493 e. The summed E-state index contributed by atoms with van der Waals surface area (Å²) in [6.45, 7) is 3.30. The molecule has 1 aromatic rings. The van der Waals surface area contributed by atoms with E-state index in [4.69, 9.17) is 9.47 Å². The molecule has 0 saturated carbocycles. The minimum absolute atomic E-state index is 0.583. The van der Waals surface area contributed by atoms with Crippen LogP contribution >= 0.6 is 15.9 Å². The molecular weight excluding hydrogens is 306 g/mol. The highest BCUT2D eigenvalue weighted by molar-refractivity contribution is 9.10. The smallest absolute Gasteiger partial charge is 0.164 e. The number of hydrogen-bond donors (Lipinski definition) is 1. The number of methoxy groups -OCH3 is 2. The molecule has 1 unspecified atom stereocenters. The van der Waals surface area contributed by atoms with Crippen LogP contribution in [-0.4, -0.2) is 26.8 Å². The van der Waals surface area contributed by atoms with Crippen molar-refractivity contribution in [1.29, 1.82) is 0 Å². The average molecular weight is 328 g/mol. The summed E-state index contributed by atoms with van der Waals surface area (Å²) < 4.78 is 12.1. The van der Waals surface area contributed by atoms with Crippen LogP contribution in [0.15, 0.2) is 10.5 Å². The zero-order valence-corrected chi connectivity index (χ0v) is 13.5. The second-order valence-corrected chi connectivity index (χ2v) is 5.76. The molecule has 1 fully saturated rings. The minimum atomic E-state index is 0.583. The predicted octanol–water partition coefficient (Wildman–Crippen LogP) is 3.32. The van der Waals surface area contributed by atoms with E-state index in [0.717, 1.165) is 35.4 Å². The Labute approximate surface area is 123 Å². The van der Waals surface area contributed by atoms with E-state index < -0.39 is 0 Å². The van der Waals surface area contributed by atoms with Crippen molar-refractivity contribution in [1.82, 2.24) is 5.32 Å². The van der Waals surface area contributed by atoms with E-state index in [-0.39, 0.29) is 0 Å². The van der Waals surface area contributed by atoms with E-state index in [9.17, 15) is 0 Å². The van der Waals surface area contributed by atoms with Crippen LogP contribution in [0.1, 0.15) is 30.9 Å². The molecule has 1 N–H and O–H groups in total. The predicted molar refractivity (Wildman–Crippen MR) is 81.4 cm³/mol. The maximum absolute atomic E-state index is 5.55. The van der Waals surface area contributed by atoms with Crippen LogP contribution in [0.25, 0.3) is 0 Å². The normalized spacial score (nSPS) is 18.6. The number of nitrogens with one attached hydrogen (secondary N) is 1. The van der Waals surface area contributed by atoms with Gasteiger partial charge >= 0.3 is 0 Å². The lowest BCUT2D eigenvalue weighted by Crippen LogP contribution is -2.24. The molecule has 1 aliphatic heterocycles. The first-order valence-electron chi connectivity index (χ1n) is 6.86. The summed E-state index contributed by atoms with van der Waals surface area (Å²) in [5.74, 6) is 1.68. The summed E-state index contributed by atoms with van der Waals surface area (Å²) in [6, 6.07) is 2.60. The number of hydrogen-bond acceptors (Lipinski definition) is 3. The van der Waals surface area contributed by atoms with Gasteiger partial charge in [0.05, 0.1) is 14.2 Å². The van der Waals surface area contributed by atoms with Gasteiger partial charge in [0.15, 0.2) is 11.5 Å². The Kier molecular flexibility index (Phi) is 5.11. The Morgan fingerprint density at radius 1 is 1.32 bits per heavy atom. The van der Waals surface area contributed by atoms with Crippen molar-refractivity contribution in [2.45, 2.75) is 38.6 Å². The average Bonchev–Trinajstić information content (AvgIpc) is 2.93. The molecule has 0 spiro atoms. The third kappa shape index (κ3) is 3.06. The zero-order valence-electron chi connectivity index (χ0n) is 11.9. The van der Waals surface area contributed by atoms with Crippen LogP contribution in [0.4, 0.5) is 0 Å². The number of halogens is 1. The van der Waals surface area contributed by atoms with Crippen molar-refractivity contribution in [2.75, 3.05) is 20.8 Å². The van der Waals surface area contributed by atoms with Crippen LogP contribution in [-0.2, 0) is 12.8 Å². The molecule has 1 aromatic carbocycles. The van der Waals surface area contributed by atoms with Gasteiger partial charge in [-0.2, -0.15) is 0 Å². The van der Waals surface area contributed by atoms with Gasteiger partial charge in [0.2, 0.25) is 0 Å². The van der Waals surface area contributed by atoms with Crippen molar-refractivity contribution in [3.63, 3.8) is 0 Å². The molecule has 0 bridgehead atoms. The first kappa shape index (κ1) is 14.7. The topological polar surface area (TPSA) is 30.5 Å². The molecular formula is C15H22BrNO2. The third-order valence-electron chi connectivity index (χ3n) is 3.80. The summed E-state index contributed by atoms with van der Waals surface area (Å²) in [6.07, 6.45) is 4.52. The van der Waals surface area contributed by atoms with Crippen molar-refractivity contribution >= 4 is 15.9 Å². The lowest BCUT2D eigenvalue weighted by atomic mass is 9.96. The lowest BCUT2D eigenvalue weighted by molar-refractivity contribution is 0.351. The van der Waals surface area contributed by atoms with Gasteiger partial charge in [0, 0.05) is 16.1 Å². The second kappa shape index (κ2) is 6.62. The molecule has 1 saturated heterocycles. The van der Waals surface area contributed by atoms with Crippen LogP contribution in [0.5, 0.6) is 11.5 Å². The lowest BCUT2D eigenvalue weighted by Gasteiger charge is -2.20. The molecule has 0 amide bonds. The standard InChI is InChI=1S/C15H22BrNO2/c1-4-11-12(8-10-6-5-7-17-10)13(16)9-14(18-2)15(11)19-3/h9-10,17H,4-8H2,1-3H3. The van der Waals surface area contributed by atoms with Gasteiger partial charge in [-0.3, -0.25) is 0 Å². The summed E-state index contributed by atoms with van der Waals surface area (Å²) in [5, 5.41) is 3.56. The van der Waals surface area contributed by atoms with Crippen LogP contribution in [0, 0.1) is 0 Å². The van der Waals surface area contributed by atoms with Gasteiger partial charge in [0.1, 0.15) is 0 Å². The SMILES string of the molecule is CCc1c(CC2CCCN2)c(Br)cc(OC)c1OC. The number of benzene rings is 1. The molecule has 1 atom stereocenters. The van der Waals surface area contributed by atoms with Crippen molar-refractivity contribution in [3.05, 3.63) is 21.7 Å². The molecule has 2 rings (SSSR count). The van der Waals surface area contributed by atoms with E-state index in [0.29, 0.717) is 6.04 Å². The quantitative estimate of drug-likeness (QED) is 0.899. The highest BCUT2D eigenvalue weighted by Crippen LogP contribution is 2.39. The summed E-state index contributed by atoms with van der Waals surface area (Å²) in [7, 11) is 3.39. The zero-order chi connectivity index (χ0) is 13.8. The Morgan fingerprint density at radius 3 is 2.63 bits per heavy atom. The summed E-state index contributed by atoms with van der Waals surface area (Å²) in [4.78, 5) is 0. The van der Waals surface area contributed by atoms with Gasteiger partial charge in [-0.1, -0.05) is 22.9 Å². The molecule has 4 heteroatoms. The Bertz CT molecular complexity index is 442. The van der Waals surface area contributed by atoms with Gasteiger partial charge in [-0.15, -0.1) is 0 Å². The fourth-order valence-corrected chi connectivity index (χ4v) is 3.45. The Balaban J connectivity index is 2.39. The molecule has 0 aromatic heterocycles. The van der Waals surface area contributed by atoms with E-state index in [2.05, 4.69) is 28.2 Å². The van der Waals surface area contributed by atoms with Crippen LogP contribution in [0.3, 0.4) is 0 Å². The Hall–Kier alpha value is -0.740. The largest absolute Gasteiger partial charge is 0.493 e. The van der Waals surface area contributed by atoms with E-state index in [1.165, 1.54) is 24.0 Å². The first-order chi connectivity index (χ1) is 9.21. The summed E-state index contributed by atoms with van der Waals surface area (Å²) in [5.41, 5.74) is 2.60. The van der Waals surface area contributed by atoms with Gasteiger partial charge in [-0.25, -0.2) is 0 Å². The van der Waals surface area contributed by atoms with E-state index in [1.807, 2.05) is 6.07 Å². The van der Waals surface area contributed by atoms with Crippen molar-refractivity contribution in [3.8, 4) is 11.5 Å². The molecule has 3 nitrogen and oxygen atoms in total. The Morgan fingerprint density at radius 2 is 2.11 bits per heavy atom. The monoisotopic (exact) mass is 327 g/mol. The van der Waals surface area contributed by atoms with Gasteiger partial charge in [-0.05, 0) is 43.9 Å². The molecule has 19 heavy (non-hydrogen) atoms. The highest BCUT2D eigenvalue weighted by atomic mass is 79.9. The van der Waals surface area contributed by atoms with Gasteiger partial charge in [0.25, 0.3) is 0 Å². The van der Waals surface area contributed by atoms with E-state index in [1.54, 1.807) is 14.2 Å². The second-order valence-electron chi connectivity index (χ2n) is 4.90. The number of ether oxygens (including phenoxy) is 2. The molecule has 106 valence electrons. The van der Waals surface area contributed by atoms with E-state index >= 15 is 0 Å². The molecule has 0 aliphatic carbocycles. The van der Waals surface area contributed by atoms with Crippen molar-refractivity contribution in [2.24, 2.45) is 0 Å². The fraction of sp³-hybridized carbons (Fsp3) is 0.600. The number of rotatable bonds is 5. The van der Waals surface area contributed by atoms with Gasteiger partial charge < -0.3 is 14.8 Å². The molecule has 1 aliphatic rings. The first-order valence-corrected chi connectivity index (χ1v) is 7.66. The third-order valence-corrected chi connectivity index (χ3v) is 4.51. The van der Waals surface area contributed by atoms with Crippen molar-refractivity contribution < 1.29 is 9.47 Å². The van der Waals surface area contributed by atoms with Crippen LogP contribution < -0.4 is 14.8 Å². The summed E-state index contributed by atoms with van der Waals surface area (Å²) >= 11 is 3.69. The fourth-order valence-electron chi connectivity index (χ4n) is 2.85. The van der Waals surface area contributed by atoms with Crippen LogP contribution in [0.2, 0.25) is 0 Å².